The lowest BCUT2D eigenvalue weighted by Crippen LogP contribution is -2.31. The molecule has 1 saturated heterocycles. The smallest absolute Gasteiger partial charge is 0.338 e. The SMILES string of the molecule is O=C1CC(CNS(=O)(=O)c2cccc(C(F)(F)F)c2)CN1Cc1ccc(F)cc1. The Bertz CT molecular complexity index is 991. The maximum Gasteiger partial charge on any atom is 0.416 e. The molecule has 1 aliphatic rings. The maximum atomic E-state index is 13.0. The summed E-state index contributed by atoms with van der Waals surface area (Å²) in [5.74, 6) is -0.871. The monoisotopic (exact) mass is 430 g/mol. The van der Waals surface area contributed by atoms with Gasteiger partial charge < -0.3 is 4.90 Å². The van der Waals surface area contributed by atoms with E-state index in [1.165, 1.54) is 17.0 Å². The van der Waals surface area contributed by atoms with E-state index >= 15 is 0 Å². The van der Waals surface area contributed by atoms with Gasteiger partial charge in [-0.05, 0) is 41.8 Å². The molecule has 29 heavy (non-hydrogen) atoms. The molecule has 1 unspecified atom stereocenters. The standard InChI is InChI=1S/C19H18F4N2O3S/c20-16-6-4-13(5-7-16)11-25-12-14(8-18(25)26)10-24-29(27,28)17-3-1-2-15(9-17)19(21,22)23/h1-7,9,14,24H,8,10-12H2. The predicted octanol–water partition coefficient (Wildman–Crippen LogP) is 3.17. The van der Waals surface area contributed by atoms with E-state index < -0.39 is 26.7 Å². The van der Waals surface area contributed by atoms with Gasteiger partial charge in [0.2, 0.25) is 15.9 Å². The third kappa shape index (κ3) is 5.33. The molecule has 2 aromatic rings. The minimum atomic E-state index is -4.65. The Morgan fingerprint density at radius 3 is 2.45 bits per heavy atom. The minimum absolute atomic E-state index is 0.0791. The molecule has 10 heteroatoms. The zero-order chi connectivity index (χ0) is 21.2. The van der Waals surface area contributed by atoms with Crippen molar-refractivity contribution < 1.29 is 30.8 Å². The van der Waals surface area contributed by atoms with Gasteiger partial charge in [0.25, 0.3) is 0 Å². The van der Waals surface area contributed by atoms with Gasteiger partial charge in [-0.3, -0.25) is 4.79 Å². The van der Waals surface area contributed by atoms with Crippen LogP contribution in [0.5, 0.6) is 0 Å². The number of nitrogens with zero attached hydrogens (tertiary/aromatic N) is 1. The lowest BCUT2D eigenvalue weighted by atomic mass is 10.1. The van der Waals surface area contributed by atoms with Crippen molar-refractivity contribution in [2.45, 2.75) is 24.0 Å². The maximum absolute atomic E-state index is 13.0. The summed E-state index contributed by atoms with van der Waals surface area (Å²) in [5, 5.41) is 0. The number of likely N-dealkylation sites (tertiary alicyclic amines) is 1. The molecule has 5 nitrogen and oxygen atoms in total. The fraction of sp³-hybridized carbons (Fsp3) is 0.316. The Hall–Kier alpha value is -2.46. The molecule has 1 N–H and O–H groups in total. The number of carbonyl (C=O) groups is 1. The molecule has 1 amide bonds. The molecule has 2 aromatic carbocycles. The Morgan fingerprint density at radius 2 is 1.79 bits per heavy atom. The van der Waals surface area contributed by atoms with Crippen molar-refractivity contribution in [3.8, 4) is 0 Å². The van der Waals surface area contributed by atoms with E-state index in [1.54, 1.807) is 12.1 Å². The van der Waals surface area contributed by atoms with Crippen LogP contribution in [0.3, 0.4) is 0 Å². The molecule has 156 valence electrons. The van der Waals surface area contributed by atoms with E-state index in [9.17, 15) is 30.8 Å². The first-order valence-electron chi connectivity index (χ1n) is 8.74. The Balaban J connectivity index is 1.61. The largest absolute Gasteiger partial charge is 0.416 e. The highest BCUT2D eigenvalue weighted by atomic mass is 32.2. The first-order chi connectivity index (χ1) is 13.5. The molecule has 0 bridgehead atoms. The normalized spacial score (nSPS) is 17.7. The van der Waals surface area contributed by atoms with Gasteiger partial charge in [0.05, 0.1) is 10.5 Å². The molecule has 1 atom stereocenters. The van der Waals surface area contributed by atoms with Crippen LogP contribution in [0.1, 0.15) is 17.5 Å². The highest BCUT2D eigenvalue weighted by Gasteiger charge is 2.33. The fourth-order valence-electron chi connectivity index (χ4n) is 3.10. The highest BCUT2D eigenvalue weighted by Crippen LogP contribution is 2.30. The zero-order valence-electron chi connectivity index (χ0n) is 15.1. The number of rotatable bonds is 6. The van der Waals surface area contributed by atoms with Crippen molar-refractivity contribution in [1.82, 2.24) is 9.62 Å². The number of hydrogen-bond acceptors (Lipinski definition) is 3. The van der Waals surface area contributed by atoms with E-state index in [-0.39, 0.29) is 37.2 Å². The molecule has 1 aliphatic heterocycles. The second-order valence-corrected chi connectivity index (χ2v) is 8.62. The van der Waals surface area contributed by atoms with Crippen molar-refractivity contribution >= 4 is 15.9 Å². The van der Waals surface area contributed by atoms with Crippen molar-refractivity contribution in [3.05, 3.63) is 65.5 Å². The second-order valence-electron chi connectivity index (χ2n) is 6.85. The van der Waals surface area contributed by atoms with E-state index in [1.807, 2.05) is 0 Å². The summed E-state index contributed by atoms with van der Waals surface area (Å²) in [7, 11) is -4.15. The number of nitrogens with one attached hydrogen (secondary N) is 1. The number of carbonyl (C=O) groups excluding carboxylic acids is 1. The second kappa shape index (κ2) is 8.11. The van der Waals surface area contributed by atoms with Crippen LogP contribution in [-0.4, -0.2) is 32.3 Å². The highest BCUT2D eigenvalue weighted by molar-refractivity contribution is 7.89. The van der Waals surface area contributed by atoms with Crippen LogP contribution in [0, 0.1) is 11.7 Å². The molecule has 0 saturated carbocycles. The fourth-order valence-corrected chi connectivity index (χ4v) is 4.27. The molecular weight excluding hydrogens is 412 g/mol. The molecule has 3 rings (SSSR count). The van der Waals surface area contributed by atoms with Gasteiger partial charge in [-0.1, -0.05) is 18.2 Å². The Labute approximate surface area is 165 Å². The minimum Gasteiger partial charge on any atom is -0.338 e. The summed E-state index contributed by atoms with van der Waals surface area (Å²) in [6.45, 7) is 0.488. The number of sulfonamides is 1. The lowest BCUT2D eigenvalue weighted by molar-refractivity contribution is -0.137. The van der Waals surface area contributed by atoms with Crippen molar-refractivity contribution in [3.63, 3.8) is 0 Å². The number of alkyl halides is 3. The summed E-state index contributed by atoms with van der Waals surface area (Å²) in [6, 6.07) is 9.18. The average molecular weight is 430 g/mol. The summed E-state index contributed by atoms with van der Waals surface area (Å²) >= 11 is 0. The van der Waals surface area contributed by atoms with E-state index in [4.69, 9.17) is 0 Å². The molecule has 1 heterocycles. The average Bonchev–Trinajstić information content (AvgIpc) is 3.01. The van der Waals surface area contributed by atoms with Gasteiger partial charge in [-0.15, -0.1) is 0 Å². The van der Waals surface area contributed by atoms with Crippen molar-refractivity contribution in [2.24, 2.45) is 5.92 Å². The van der Waals surface area contributed by atoms with Crippen LogP contribution in [0.25, 0.3) is 0 Å². The lowest BCUT2D eigenvalue weighted by Gasteiger charge is -2.17. The van der Waals surface area contributed by atoms with Crippen LogP contribution >= 0.6 is 0 Å². The number of halogens is 4. The molecule has 0 aromatic heterocycles. The van der Waals surface area contributed by atoms with E-state index in [0.717, 1.165) is 23.8 Å². The van der Waals surface area contributed by atoms with Crippen LogP contribution in [0.4, 0.5) is 17.6 Å². The zero-order valence-corrected chi connectivity index (χ0v) is 15.9. The predicted molar refractivity (Wildman–Crippen MR) is 96.6 cm³/mol. The van der Waals surface area contributed by atoms with Gasteiger partial charge in [0.1, 0.15) is 5.82 Å². The third-order valence-electron chi connectivity index (χ3n) is 4.61. The van der Waals surface area contributed by atoms with Crippen molar-refractivity contribution in [2.75, 3.05) is 13.1 Å². The Morgan fingerprint density at radius 1 is 1.10 bits per heavy atom. The quantitative estimate of drug-likeness (QED) is 0.716. The first kappa shape index (κ1) is 21.3. The van der Waals surface area contributed by atoms with Crippen LogP contribution in [-0.2, 0) is 27.5 Å². The summed E-state index contributed by atoms with van der Waals surface area (Å²) < 4.78 is 78.3. The molecule has 1 fully saturated rings. The first-order valence-corrected chi connectivity index (χ1v) is 10.2. The summed E-state index contributed by atoms with van der Waals surface area (Å²) in [6.07, 6.45) is -4.53. The Kier molecular flexibility index (Phi) is 5.95. The third-order valence-corrected chi connectivity index (χ3v) is 6.04. The number of benzene rings is 2. The van der Waals surface area contributed by atoms with Gasteiger partial charge in [0.15, 0.2) is 0 Å². The van der Waals surface area contributed by atoms with Gasteiger partial charge >= 0.3 is 6.18 Å². The summed E-state index contributed by atoms with van der Waals surface area (Å²) in [5.41, 5.74) is -0.313. The van der Waals surface area contributed by atoms with Gasteiger partial charge in [0, 0.05) is 26.1 Å². The van der Waals surface area contributed by atoms with Crippen LogP contribution in [0.2, 0.25) is 0 Å². The molecule has 0 radical (unpaired) electrons. The molecule has 0 spiro atoms. The number of amides is 1. The van der Waals surface area contributed by atoms with Gasteiger partial charge in [-0.25, -0.2) is 17.5 Å². The summed E-state index contributed by atoms with van der Waals surface area (Å²) in [4.78, 5) is 13.2. The molecular formula is C19H18F4N2O3S. The van der Waals surface area contributed by atoms with Gasteiger partial charge in [-0.2, -0.15) is 13.2 Å². The van der Waals surface area contributed by atoms with Crippen LogP contribution in [0.15, 0.2) is 53.4 Å². The number of hydrogen-bond donors (Lipinski definition) is 1. The van der Waals surface area contributed by atoms with E-state index in [2.05, 4.69) is 4.72 Å². The topological polar surface area (TPSA) is 66.5 Å². The van der Waals surface area contributed by atoms with Crippen molar-refractivity contribution in [1.29, 1.82) is 0 Å². The molecule has 0 aliphatic carbocycles. The van der Waals surface area contributed by atoms with E-state index in [0.29, 0.717) is 12.6 Å². The van der Waals surface area contributed by atoms with Crippen LogP contribution < -0.4 is 4.72 Å².